The van der Waals surface area contributed by atoms with Crippen LogP contribution in [-0.2, 0) is 0 Å². The Morgan fingerprint density at radius 2 is 1.41 bits per heavy atom. The zero-order valence-electron chi connectivity index (χ0n) is 16.5. The molecule has 0 unspecified atom stereocenters. The van der Waals surface area contributed by atoms with Gasteiger partial charge in [0.05, 0.1) is 0 Å². The maximum Gasteiger partial charge on any atom is 0.323 e. The van der Waals surface area contributed by atoms with Gasteiger partial charge in [0.1, 0.15) is 29.5 Å². The molecule has 0 fully saturated rings. The average Bonchev–Trinajstić information content (AvgIpc) is 2.75. The largest absolute Gasteiger partial charge is 0.439 e. The molecule has 4 aromatic rings. The van der Waals surface area contributed by atoms with E-state index in [1.807, 2.05) is 18.2 Å². The number of rotatable bonds is 6. The lowest BCUT2D eigenvalue weighted by molar-refractivity contribution is 0.262. The van der Waals surface area contributed by atoms with Crippen molar-refractivity contribution < 1.29 is 18.3 Å². The second kappa shape index (κ2) is 9.52. The van der Waals surface area contributed by atoms with Gasteiger partial charge in [-0.05, 0) is 48.5 Å². The van der Waals surface area contributed by atoms with Crippen LogP contribution in [0.1, 0.15) is 0 Å². The molecule has 3 N–H and O–H groups in total. The molecule has 0 aliphatic carbocycles. The van der Waals surface area contributed by atoms with Gasteiger partial charge in [-0.2, -0.15) is 0 Å². The molecule has 0 saturated carbocycles. The molecule has 9 heteroatoms. The molecule has 0 atom stereocenters. The summed E-state index contributed by atoms with van der Waals surface area (Å²) < 4.78 is 32.4. The van der Waals surface area contributed by atoms with Gasteiger partial charge >= 0.3 is 6.03 Å². The zero-order chi connectivity index (χ0) is 22.3. The summed E-state index contributed by atoms with van der Waals surface area (Å²) in [5.41, 5.74) is 1.46. The number of aromatic nitrogens is 2. The number of ether oxygens (including phenoxy) is 1. The molecule has 4 rings (SSSR count). The number of carbonyl (C=O) groups is 1. The summed E-state index contributed by atoms with van der Waals surface area (Å²) in [6.45, 7) is 0. The molecule has 0 aliphatic rings. The highest BCUT2D eigenvalue weighted by atomic mass is 19.1. The average molecular weight is 433 g/mol. The number of amides is 2. The fourth-order valence-corrected chi connectivity index (χ4v) is 2.78. The molecule has 0 radical (unpaired) electrons. The van der Waals surface area contributed by atoms with Crippen molar-refractivity contribution >= 4 is 28.9 Å². The lowest BCUT2D eigenvalue weighted by atomic mass is 10.3. The van der Waals surface area contributed by atoms with Gasteiger partial charge in [0, 0.05) is 29.2 Å². The minimum Gasteiger partial charge on any atom is -0.439 e. The normalized spacial score (nSPS) is 10.3. The van der Waals surface area contributed by atoms with Crippen molar-refractivity contribution in [1.29, 1.82) is 0 Å². The monoisotopic (exact) mass is 433 g/mol. The molecular weight excluding hydrogens is 416 g/mol. The molecule has 7 nitrogen and oxygen atoms in total. The molecule has 1 heterocycles. The molecular formula is C23H17F2N5O2. The highest BCUT2D eigenvalue weighted by Gasteiger charge is 2.06. The van der Waals surface area contributed by atoms with Crippen LogP contribution in [0.3, 0.4) is 0 Å². The van der Waals surface area contributed by atoms with Crippen LogP contribution in [0.5, 0.6) is 11.6 Å². The van der Waals surface area contributed by atoms with Crippen molar-refractivity contribution in [2.24, 2.45) is 0 Å². The summed E-state index contributed by atoms with van der Waals surface area (Å²) in [4.78, 5) is 20.1. The van der Waals surface area contributed by atoms with E-state index in [1.165, 1.54) is 12.4 Å². The minimum absolute atomic E-state index is 0.205. The first-order valence-corrected chi connectivity index (χ1v) is 9.50. The summed E-state index contributed by atoms with van der Waals surface area (Å²) in [7, 11) is 0. The van der Waals surface area contributed by atoms with Crippen molar-refractivity contribution in [1.82, 2.24) is 9.97 Å². The van der Waals surface area contributed by atoms with Gasteiger partial charge in [-0.3, -0.25) is 0 Å². The van der Waals surface area contributed by atoms with E-state index >= 15 is 0 Å². The Morgan fingerprint density at radius 3 is 2.09 bits per heavy atom. The number of benzene rings is 3. The predicted molar refractivity (Wildman–Crippen MR) is 117 cm³/mol. The van der Waals surface area contributed by atoms with Crippen LogP contribution in [0, 0.1) is 11.6 Å². The van der Waals surface area contributed by atoms with Gasteiger partial charge in [-0.25, -0.2) is 23.5 Å². The van der Waals surface area contributed by atoms with Crippen molar-refractivity contribution in [2.45, 2.75) is 0 Å². The summed E-state index contributed by atoms with van der Waals surface area (Å²) >= 11 is 0. The molecule has 160 valence electrons. The smallest absolute Gasteiger partial charge is 0.323 e. The third-order valence-corrected chi connectivity index (χ3v) is 4.14. The number of carbonyl (C=O) groups excluding carboxylic acids is 1. The number of anilines is 4. The number of nitrogens with one attached hydrogen (secondary N) is 3. The summed E-state index contributed by atoms with van der Waals surface area (Å²) in [6, 6.07) is 19.9. The van der Waals surface area contributed by atoms with Crippen LogP contribution in [0.2, 0.25) is 0 Å². The van der Waals surface area contributed by atoms with Crippen molar-refractivity contribution in [3.05, 3.63) is 96.8 Å². The summed E-state index contributed by atoms with van der Waals surface area (Å²) in [5.74, 6) is -0.411. The lowest BCUT2D eigenvalue weighted by Crippen LogP contribution is -2.19. The van der Waals surface area contributed by atoms with Crippen LogP contribution in [0.25, 0.3) is 0 Å². The minimum atomic E-state index is -0.704. The maximum absolute atomic E-state index is 13.4. The second-order valence-corrected chi connectivity index (χ2v) is 6.60. The Balaban J connectivity index is 1.37. The SMILES string of the molecule is O=C(Nc1ccccc1)Nc1ccc(Oc2cc(Nc3cc(F)cc(F)c3)ncn2)cc1. The fourth-order valence-electron chi connectivity index (χ4n) is 2.78. The summed E-state index contributed by atoms with van der Waals surface area (Å²) in [5, 5.41) is 8.25. The Labute approximate surface area is 182 Å². The molecule has 0 saturated heterocycles. The van der Waals surface area contributed by atoms with Gasteiger partial charge in [0.15, 0.2) is 0 Å². The third-order valence-electron chi connectivity index (χ3n) is 4.14. The highest BCUT2D eigenvalue weighted by molar-refractivity contribution is 5.99. The van der Waals surface area contributed by atoms with Gasteiger partial charge in [-0.1, -0.05) is 18.2 Å². The van der Waals surface area contributed by atoms with Gasteiger partial charge in [0.25, 0.3) is 0 Å². The van der Waals surface area contributed by atoms with E-state index < -0.39 is 11.6 Å². The molecule has 2 amide bonds. The number of para-hydroxylation sites is 1. The molecule has 0 bridgehead atoms. The zero-order valence-corrected chi connectivity index (χ0v) is 16.5. The number of urea groups is 1. The summed E-state index contributed by atoms with van der Waals surface area (Å²) in [6.07, 6.45) is 1.26. The highest BCUT2D eigenvalue weighted by Crippen LogP contribution is 2.24. The Bertz CT molecular complexity index is 1200. The molecule has 0 spiro atoms. The first kappa shape index (κ1) is 20.7. The van der Waals surface area contributed by atoms with Crippen molar-refractivity contribution in [3.8, 4) is 11.6 Å². The molecule has 3 aromatic carbocycles. The van der Waals surface area contributed by atoms with E-state index in [9.17, 15) is 13.6 Å². The number of hydrogen-bond donors (Lipinski definition) is 3. The maximum atomic E-state index is 13.4. The number of nitrogens with zero attached hydrogens (tertiary/aromatic N) is 2. The Kier molecular flexibility index (Phi) is 6.17. The van der Waals surface area contributed by atoms with Crippen LogP contribution in [0.15, 0.2) is 85.2 Å². The van der Waals surface area contributed by atoms with E-state index in [0.29, 0.717) is 22.9 Å². The van der Waals surface area contributed by atoms with Gasteiger partial charge in [-0.15, -0.1) is 0 Å². The number of halogens is 2. The van der Waals surface area contributed by atoms with Crippen LogP contribution < -0.4 is 20.7 Å². The van der Waals surface area contributed by atoms with Gasteiger partial charge < -0.3 is 20.7 Å². The van der Waals surface area contributed by atoms with E-state index in [-0.39, 0.29) is 17.6 Å². The number of hydrogen-bond acceptors (Lipinski definition) is 5. The predicted octanol–water partition coefficient (Wildman–Crippen LogP) is 5.93. The van der Waals surface area contributed by atoms with E-state index in [1.54, 1.807) is 36.4 Å². The van der Waals surface area contributed by atoms with Crippen molar-refractivity contribution in [3.63, 3.8) is 0 Å². The topological polar surface area (TPSA) is 88.2 Å². The second-order valence-electron chi connectivity index (χ2n) is 6.60. The molecule has 0 aliphatic heterocycles. The molecule has 1 aromatic heterocycles. The van der Waals surface area contributed by atoms with Crippen LogP contribution in [0.4, 0.5) is 36.5 Å². The van der Waals surface area contributed by atoms with E-state index in [2.05, 4.69) is 25.9 Å². The van der Waals surface area contributed by atoms with Crippen molar-refractivity contribution in [2.75, 3.05) is 16.0 Å². The Morgan fingerprint density at radius 1 is 0.750 bits per heavy atom. The first-order chi connectivity index (χ1) is 15.5. The molecule has 32 heavy (non-hydrogen) atoms. The first-order valence-electron chi connectivity index (χ1n) is 9.50. The fraction of sp³-hybridized carbons (Fsp3) is 0. The van der Waals surface area contributed by atoms with E-state index in [4.69, 9.17) is 4.74 Å². The van der Waals surface area contributed by atoms with E-state index in [0.717, 1.165) is 18.2 Å². The third kappa shape index (κ3) is 5.76. The van der Waals surface area contributed by atoms with Crippen LogP contribution in [-0.4, -0.2) is 16.0 Å². The standard InChI is InChI=1S/C23H17F2N5O2/c24-15-10-16(25)12-19(11-15)28-21-13-22(27-14-26-21)32-20-8-6-18(7-9-20)30-23(31)29-17-4-2-1-3-5-17/h1-14H,(H,26,27,28)(H2,29,30,31). The lowest BCUT2D eigenvalue weighted by Gasteiger charge is -2.10. The quantitative estimate of drug-likeness (QED) is 0.351. The Hall–Kier alpha value is -4.53. The van der Waals surface area contributed by atoms with Crippen LogP contribution >= 0.6 is 0 Å². The van der Waals surface area contributed by atoms with Gasteiger partial charge in [0.2, 0.25) is 5.88 Å².